The maximum absolute atomic E-state index is 13.1. The number of hydrogen-bond acceptors (Lipinski definition) is 5. The van der Waals surface area contributed by atoms with Gasteiger partial charge in [-0.25, -0.2) is 14.1 Å². The Morgan fingerprint density at radius 2 is 1.93 bits per heavy atom. The molecule has 6 nitrogen and oxygen atoms in total. The molecular formula is C20H15FN4O2S. The van der Waals surface area contributed by atoms with Gasteiger partial charge >= 0.3 is 0 Å². The molecule has 0 atom stereocenters. The summed E-state index contributed by atoms with van der Waals surface area (Å²) in [5.74, 6) is -0.735. The predicted molar refractivity (Wildman–Crippen MR) is 107 cm³/mol. The first-order valence-corrected chi connectivity index (χ1v) is 9.31. The number of carbonyl (C=O) groups excluding carboxylic acids is 1. The van der Waals surface area contributed by atoms with Crippen LogP contribution in [0.15, 0.2) is 59.4 Å². The maximum Gasteiger partial charge on any atom is 0.267 e. The van der Waals surface area contributed by atoms with Gasteiger partial charge in [0.05, 0.1) is 20.9 Å². The monoisotopic (exact) mass is 394 g/mol. The highest BCUT2D eigenvalue weighted by atomic mass is 32.1. The van der Waals surface area contributed by atoms with Crippen molar-refractivity contribution in [1.29, 1.82) is 0 Å². The van der Waals surface area contributed by atoms with Crippen molar-refractivity contribution >= 4 is 33.1 Å². The number of aryl methyl sites for hydroxylation is 1. The zero-order valence-electron chi connectivity index (χ0n) is 14.8. The first-order valence-electron chi connectivity index (χ1n) is 8.49. The molecule has 0 saturated carbocycles. The van der Waals surface area contributed by atoms with Crippen molar-refractivity contribution in [2.24, 2.45) is 0 Å². The third-order valence-electron chi connectivity index (χ3n) is 4.08. The molecule has 4 aromatic rings. The Bertz CT molecular complexity index is 1230. The number of rotatable bonds is 4. The predicted octanol–water partition coefficient (Wildman–Crippen LogP) is 3.61. The van der Waals surface area contributed by atoms with E-state index in [4.69, 9.17) is 0 Å². The van der Waals surface area contributed by atoms with Crippen LogP contribution in [-0.4, -0.2) is 20.7 Å². The molecule has 0 aliphatic carbocycles. The number of halogens is 1. The topological polar surface area (TPSA) is 76.9 Å². The molecule has 2 heterocycles. The third-order valence-corrected chi connectivity index (χ3v) is 5.03. The SMILES string of the molecule is Cc1nc2cc(NC(=O)Cn3nc(-c4ccc(F)cc4)ccc3=O)ccc2s1. The van der Waals surface area contributed by atoms with E-state index in [2.05, 4.69) is 15.4 Å². The number of hydrogen-bond donors (Lipinski definition) is 1. The number of anilines is 1. The fraction of sp³-hybridized carbons (Fsp3) is 0.100. The molecule has 0 aliphatic heterocycles. The fourth-order valence-electron chi connectivity index (χ4n) is 2.79. The second-order valence-corrected chi connectivity index (χ2v) is 7.42. The van der Waals surface area contributed by atoms with Gasteiger partial charge in [0.1, 0.15) is 12.4 Å². The zero-order chi connectivity index (χ0) is 19.7. The molecule has 0 radical (unpaired) electrons. The highest BCUT2D eigenvalue weighted by Gasteiger charge is 2.10. The second-order valence-electron chi connectivity index (χ2n) is 6.18. The summed E-state index contributed by atoms with van der Waals surface area (Å²) in [4.78, 5) is 28.9. The van der Waals surface area contributed by atoms with Gasteiger partial charge in [-0.1, -0.05) is 0 Å². The summed E-state index contributed by atoms with van der Waals surface area (Å²) in [5.41, 5.74) is 2.15. The van der Waals surface area contributed by atoms with Gasteiger partial charge in [-0.2, -0.15) is 5.10 Å². The minimum atomic E-state index is -0.397. The number of amides is 1. The van der Waals surface area contributed by atoms with Crippen LogP contribution < -0.4 is 10.9 Å². The number of aromatic nitrogens is 3. The number of nitrogens with one attached hydrogen (secondary N) is 1. The lowest BCUT2D eigenvalue weighted by Gasteiger charge is -2.08. The van der Waals surface area contributed by atoms with Crippen LogP contribution in [-0.2, 0) is 11.3 Å². The Morgan fingerprint density at radius 3 is 2.71 bits per heavy atom. The van der Waals surface area contributed by atoms with E-state index in [9.17, 15) is 14.0 Å². The summed E-state index contributed by atoms with van der Waals surface area (Å²) in [6, 6.07) is 14.1. The van der Waals surface area contributed by atoms with E-state index in [0.29, 0.717) is 16.9 Å². The van der Waals surface area contributed by atoms with Crippen LogP contribution in [0.1, 0.15) is 5.01 Å². The standard InChI is InChI=1S/C20H15FN4O2S/c1-12-22-17-10-15(6-8-18(17)28-12)23-19(26)11-25-20(27)9-7-16(24-25)13-2-4-14(21)5-3-13/h2-10H,11H2,1H3,(H,23,26). The molecule has 0 spiro atoms. The minimum absolute atomic E-state index is 0.234. The molecule has 28 heavy (non-hydrogen) atoms. The first-order chi connectivity index (χ1) is 13.5. The smallest absolute Gasteiger partial charge is 0.267 e. The normalized spacial score (nSPS) is 10.9. The summed E-state index contributed by atoms with van der Waals surface area (Å²) in [5, 5.41) is 7.93. The third kappa shape index (κ3) is 3.81. The molecule has 0 bridgehead atoms. The van der Waals surface area contributed by atoms with Crippen LogP contribution in [0.5, 0.6) is 0 Å². The first kappa shape index (κ1) is 18.0. The largest absolute Gasteiger partial charge is 0.324 e. The van der Waals surface area contributed by atoms with Gasteiger partial charge in [0.15, 0.2) is 0 Å². The van der Waals surface area contributed by atoms with Crippen molar-refractivity contribution in [3.05, 3.63) is 75.8 Å². The molecule has 0 saturated heterocycles. The number of carbonyl (C=O) groups is 1. The molecule has 140 valence electrons. The van der Waals surface area contributed by atoms with Crippen LogP contribution in [0, 0.1) is 12.7 Å². The van der Waals surface area contributed by atoms with Crippen molar-refractivity contribution < 1.29 is 9.18 Å². The highest BCUT2D eigenvalue weighted by Crippen LogP contribution is 2.24. The summed E-state index contributed by atoms with van der Waals surface area (Å²) in [6.45, 7) is 1.69. The van der Waals surface area contributed by atoms with Crippen molar-refractivity contribution in [3.63, 3.8) is 0 Å². The molecular weight excluding hydrogens is 379 g/mol. The van der Waals surface area contributed by atoms with E-state index in [1.54, 1.807) is 41.7 Å². The lowest BCUT2D eigenvalue weighted by atomic mass is 10.1. The van der Waals surface area contributed by atoms with E-state index in [-0.39, 0.29) is 18.3 Å². The number of fused-ring (bicyclic) bond motifs is 1. The van der Waals surface area contributed by atoms with Gasteiger partial charge in [-0.05, 0) is 55.5 Å². The molecule has 2 aromatic carbocycles. The minimum Gasteiger partial charge on any atom is -0.324 e. The van der Waals surface area contributed by atoms with Gasteiger partial charge in [0.25, 0.3) is 5.56 Å². The molecule has 2 aromatic heterocycles. The quantitative estimate of drug-likeness (QED) is 0.574. The lowest BCUT2D eigenvalue weighted by Crippen LogP contribution is -2.29. The Kier molecular flexibility index (Phi) is 4.70. The van der Waals surface area contributed by atoms with Gasteiger partial charge in [0, 0.05) is 17.3 Å². The average molecular weight is 394 g/mol. The zero-order valence-corrected chi connectivity index (χ0v) is 15.7. The Balaban J connectivity index is 1.53. The Labute approximate surface area is 163 Å². The molecule has 1 N–H and O–H groups in total. The van der Waals surface area contributed by atoms with E-state index in [1.165, 1.54) is 18.2 Å². The van der Waals surface area contributed by atoms with Crippen LogP contribution in [0.3, 0.4) is 0 Å². The van der Waals surface area contributed by atoms with Crippen molar-refractivity contribution in [2.75, 3.05) is 5.32 Å². The fourth-order valence-corrected chi connectivity index (χ4v) is 3.60. The average Bonchev–Trinajstić information content (AvgIpc) is 3.03. The summed E-state index contributed by atoms with van der Waals surface area (Å²) in [6.07, 6.45) is 0. The van der Waals surface area contributed by atoms with Gasteiger partial charge in [-0.3, -0.25) is 9.59 Å². The highest BCUT2D eigenvalue weighted by molar-refractivity contribution is 7.18. The van der Waals surface area contributed by atoms with Crippen LogP contribution in [0.2, 0.25) is 0 Å². The van der Waals surface area contributed by atoms with E-state index in [1.807, 2.05) is 13.0 Å². The van der Waals surface area contributed by atoms with E-state index < -0.39 is 5.56 Å². The van der Waals surface area contributed by atoms with E-state index >= 15 is 0 Å². The summed E-state index contributed by atoms with van der Waals surface area (Å²) < 4.78 is 15.2. The van der Waals surface area contributed by atoms with Crippen LogP contribution in [0.25, 0.3) is 21.5 Å². The second kappa shape index (κ2) is 7.32. The summed E-state index contributed by atoms with van der Waals surface area (Å²) >= 11 is 1.58. The molecule has 8 heteroatoms. The molecule has 0 aliphatic rings. The Hall–Kier alpha value is -3.39. The van der Waals surface area contributed by atoms with Gasteiger partial charge < -0.3 is 5.32 Å². The van der Waals surface area contributed by atoms with Crippen LogP contribution in [0.4, 0.5) is 10.1 Å². The van der Waals surface area contributed by atoms with Crippen LogP contribution >= 0.6 is 11.3 Å². The molecule has 0 fully saturated rings. The van der Waals surface area contributed by atoms with Crippen molar-refractivity contribution in [1.82, 2.24) is 14.8 Å². The molecule has 4 rings (SSSR count). The molecule has 1 amide bonds. The van der Waals surface area contributed by atoms with Gasteiger partial charge in [0.2, 0.25) is 5.91 Å². The van der Waals surface area contributed by atoms with E-state index in [0.717, 1.165) is 19.9 Å². The lowest BCUT2D eigenvalue weighted by molar-refractivity contribution is -0.117. The number of nitrogens with zero attached hydrogens (tertiary/aromatic N) is 3. The number of thiazole rings is 1. The maximum atomic E-state index is 13.1. The number of benzene rings is 2. The summed E-state index contributed by atoms with van der Waals surface area (Å²) in [7, 11) is 0. The van der Waals surface area contributed by atoms with Crippen molar-refractivity contribution in [3.8, 4) is 11.3 Å². The van der Waals surface area contributed by atoms with Gasteiger partial charge in [-0.15, -0.1) is 11.3 Å². The molecule has 0 unspecified atom stereocenters. The Morgan fingerprint density at radius 1 is 1.14 bits per heavy atom. The van der Waals surface area contributed by atoms with Crippen molar-refractivity contribution in [2.45, 2.75) is 13.5 Å².